The Bertz CT molecular complexity index is 1640. The highest BCUT2D eigenvalue weighted by Gasteiger charge is 2.39. The van der Waals surface area contributed by atoms with Gasteiger partial charge in [-0.05, 0) is 74.7 Å². The number of benzene rings is 2. The maximum Gasteiger partial charge on any atom is 0.312 e. The summed E-state index contributed by atoms with van der Waals surface area (Å²) in [5.41, 5.74) is 2.06. The van der Waals surface area contributed by atoms with Crippen LogP contribution in [-0.2, 0) is 45.8 Å². The number of hydrogen-bond donors (Lipinski definition) is 1. The molecule has 12 heteroatoms. The second-order valence-corrected chi connectivity index (χ2v) is 13.4. The molecular weight excluding hydrogens is 622 g/mol. The molecule has 2 aromatic heterocycles. The lowest BCUT2D eigenvalue weighted by Crippen LogP contribution is -2.33. The van der Waals surface area contributed by atoms with E-state index in [1.165, 1.54) is 4.31 Å². The second-order valence-electron chi connectivity index (χ2n) is 10.5. The summed E-state index contributed by atoms with van der Waals surface area (Å²) in [5, 5.41) is 18.2. The van der Waals surface area contributed by atoms with E-state index in [0.717, 1.165) is 5.56 Å². The molecule has 4 rings (SSSR count). The van der Waals surface area contributed by atoms with Gasteiger partial charge in [-0.2, -0.15) is 4.31 Å². The maximum absolute atomic E-state index is 13.9. The van der Waals surface area contributed by atoms with Crippen LogP contribution in [0.2, 0.25) is 0 Å². The van der Waals surface area contributed by atoms with Crippen LogP contribution in [0.15, 0.2) is 82.4 Å². The van der Waals surface area contributed by atoms with Crippen LogP contribution < -0.4 is 0 Å². The summed E-state index contributed by atoms with van der Waals surface area (Å²) in [7, 11) is -3.94. The van der Waals surface area contributed by atoms with Gasteiger partial charge in [0.15, 0.2) is 0 Å². The summed E-state index contributed by atoms with van der Waals surface area (Å²) >= 11 is 3.37. The highest BCUT2D eigenvalue weighted by Crippen LogP contribution is 2.38. The molecule has 0 saturated heterocycles. The normalized spacial score (nSPS) is 12.9. The fourth-order valence-electron chi connectivity index (χ4n) is 4.45. The first-order chi connectivity index (χ1) is 19.9. The van der Waals surface area contributed by atoms with Gasteiger partial charge < -0.3 is 9.84 Å². The van der Waals surface area contributed by atoms with E-state index in [9.17, 15) is 18.3 Å². The van der Waals surface area contributed by atoms with Crippen molar-refractivity contribution in [3.63, 3.8) is 0 Å². The largest absolute Gasteiger partial charge is 0.481 e. The van der Waals surface area contributed by atoms with Crippen LogP contribution in [-0.4, -0.2) is 43.8 Å². The van der Waals surface area contributed by atoms with Crippen molar-refractivity contribution in [2.24, 2.45) is 5.41 Å². The first-order valence-corrected chi connectivity index (χ1v) is 15.6. The number of aliphatic carboxylic acids is 1. The number of carboxylic acids is 1. The highest BCUT2D eigenvalue weighted by atomic mass is 79.9. The molecule has 1 atom stereocenters. The monoisotopic (exact) mass is 655 g/mol. The van der Waals surface area contributed by atoms with Crippen LogP contribution >= 0.6 is 15.9 Å². The lowest BCUT2D eigenvalue weighted by atomic mass is 9.81. The minimum atomic E-state index is -3.94. The number of carbonyl (C=O) groups is 1. The Labute approximate surface area is 254 Å². The van der Waals surface area contributed by atoms with E-state index < -0.39 is 27.5 Å². The smallest absolute Gasteiger partial charge is 0.312 e. The zero-order chi connectivity index (χ0) is 30.5. The molecule has 42 heavy (non-hydrogen) atoms. The maximum atomic E-state index is 13.9. The Morgan fingerprint density at radius 2 is 1.88 bits per heavy atom. The molecule has 0 spiro atoms. The average molecular weight is 657 g/mol. The van der Waals surface area contributed by atoms with Gasteiger partial charge in [0.2, 0.25) is 10.0 Å². The fraction of sp³-hybridized carbons (Fsp3) is 0.333. The van der Waals surface area contributed by atoms with Crippen molar-refractivity contribution in [2.45, 2.75) is 64.9 Å². The predicted octanol–water partition coefficient (Wildman–Crippen LogP) is 5.52. The Morgan fingerprint density at radius 3 is 2.52 bits per heavy atom. The zero-order valence-corrected chi connectivity index (χ0v) is 26.3. The minimum absolute atomic E-state index is 0.0378. The van der Waals surface area contributed by atoms with Gasteiger partial charge in [-0.15, -0.1) is 5.10 Å². The van der Waals surface area contributed by atoms with E-state index in [4.69, 9.17) is 4.74 Å². The van der Waals surface area contributed by atoms with Crippen LogP contribution in [0.5, 0.6) is 0 Å². The van der Waals surface area contributed by atoms with Gasteiger partial charge in [0.25, 0.3) is 0 Å². The van der Waals surface area contributed by atoms with Crippen molar-refractivity contribution in [3.05, 3.63) is 106 Å². The van der Waals surface area contributed by atoms with Crippen molar-refractivity contribution >= 4 is 31.9 Å². The summed E-state index contributed by atoms with van der Waals surface area (Å²) in [6.45, 7) is 7.84. The summed E-state index contributed by atoms with van der Waals surface area (Å²) in [4.78, 5) is 16.8. The molecule has 0 aliphatic rings. The number of sulfonamides is 1. The van der Waals surface area contributed by atoms with E-state index in [-0.39, 0.29) is 24.6 Å². The highest BCUT2D eigenvalue weighted by molar-refractivity contribution is 9.10. The first-order valence-electron chi connectivity index (χ1n) is 13.4. The van der Waals surface area contributed by atoms with E-state index >= 15 is 0 Å². The van der Waals surface area contributed by atoms with Crippen molar-refractivity contribution < 1.29 is 23.1 Å². The first kappa shape index (κ1) is 31.5. The van der Waals surface area contributed by atoms with Crippen LogP contribution in [0.25, 0.3) is 0 Å². The van der Waals surface area contributed by atoms with Gasteiger partial charge in [-0.3, -0.25) is 14.5 Å². The third-order valence-corrected chi connectivity index (χ3v) is 9.32. The molecule has 1 N–H and O–H groups in total. The van der Waals surface area contributed by atoms with Crippen molar-refractivity contribution in [3.8, 4) is 0 Å². The van der Waals surface area contributed by atoms with Gasteiger partial charge in [0.05, 0.1) is 41.5 Å². The predicted molar refractivity (Wildman–Crippen MR) is 161 cm³/mol. The molecule has 1 unspecified atom stereocenters. The molecule has 10 nitrogen and oxygen atoms in total. The molecule has 0 radical (unpaired) electrons. The summed E-state index contributed by atoms with van der Waals surface area (Å²) in [6, 6.07) is 17.4. The van der Waals surface area contributed by atoms with Crippen LogP contribution in [0.3, 0.4) is 0 Å². The summed E-state index contributed by atoms with van der Waals surface area (Å²) < 4.78 is 37.7. The number of hydrogen-bond acceptors (Lipinski definition) is 7. The lowest BCUT2D eigenvalue weighted by molar-refractivity contribution is -0.158. The van der Waals surface area contributed by atoms with Gasteiger partial charge in [-0.25, -0.2) is 8.42 Å². The Balaban J connectivity index is 1.72. The van der Waals surface area contributed by atoms with E-state index in [1.54, 1.807) is 67.3 Å². The van der Waals surface area contributed by atoms with Crippen LogP contribution in [0.4, 0.5) is 0 Å². The molecule has 0 aliphatic carbocycles. The third kappa shape index (κ3) is 7.30. The molecular formula is C30H34BrN5O5S. The zero-order valence-electron chi connectivity index (χ0n) is 23.9. The number of nitrogens with zero attached hydrogens (tertiary/aromatic N) is 5. The van der Waals surface area contributed by atoms with E-state index in [2.05, 4.69) is 31.2 Å². The Kier molecular flexibility index (Phi) is 9.93. The number of pyridine rings is 1. The number of aryl methyl sites for hydroxylation is 2. The topological polar surface area (TPSA) is 128 Å². The quantitative estimate of drug-likeness (QED) is 0.199. The van der Waals surface area contributed by atoms with Gasteiger partial charge in [0, 0.05) is 23.8 Å². The van der Waals surface area contributed by atoms with Gasteiger partial charge in [-0.1, -0.05) is 51.5 Å². The molecule has 0 aliphatic heterocycles. The van der Waals surface area contributed by atoms with Crippen LogP contribution in [0.1, 0.15) is 55.0 Å². The number of aromatic nitrogens is 4. The Hall–Kier alpha value is -3.45. The van der Waals surface area contributed by atoms with Crippen molar-refractivity contribution in [2.75, 3.05) is 0 Å². The van der Waals surface area contributed by atoms with E-state index in [0.29, 0.717) is 33.5 Å². The van der Waals surface area contributed by atoms with Gasteiger partial charge in [0.1, 0.15) is 5.69 Å². The fourth-order valence-corrected chi connectivity index (χ4v) is 6.44. The number of ether oxygens (including phenoxy) is 1. The lowest BCUT2D eigenvalue weighted by Gasteiger charge is -2.31. The molecule has 0 saturated carbocycles. The molecule has 0 bridgehead atoms. The third-order valence-electron chi connectivity index (χ3n) is 7.04. The number of rotatable bonds is 13. The van der Waals surface area contributed by atoms with Crippen molar-refractivity contribution in [1.82, 2.24) is 24.3 Å². The van der Waals surface area contributed by atoms with Gasteiger partial charge >= 0.3 is 5.97 Å². The molecule has 0 fully saturated rings. The summed E-state index contributed by atoms with van der Waals surface area (Å²) in [6.07, 6.45) is 2.53. The number of carboxylic acid groups (broad SMARTS) is 1. The second kappa shape index (κ2) is 13.2. The molecule has 222 valence electrons. The molecule has 2 heterocycles. The SMILES string of the molecule is CCn1cc(COC(c2ccc(C)c(CN(Cc3ccccn3)S(=O)(=O)c3cccc(Br)c3)c2)C(C)(C)C(=O)O)nn1. The van der Waals surface area contributed by atoms with Crippen LogP contribution in [0, 0.1) is 12.3 Å². The summed E-state index contributed by atoms with van der Waals surface area (Å²) in [5.74, 6) is -1.03. The van der Waals surface area contributed by atoms with E-state index in [1.807, 2.05) is 38.1 Å². The number of halogens is 1. The molecule has 2 aromatic carbocycles. The standard InChI is InChI=1S/C30H34BrN5O5S/c1-5-35-18-26(33-34-35)20-41-28(30(3,4)29(37)38)22-13-12-21(2)23(15-22)17-36(19-25-10-6-7-14-32-25)42(39,40)27-11-8-9-24(31)16-27/h6-16,18,28H,5,17,19-20H2,1-4H3,(H,37,38). The average Bonchev–Trinajstić information content (AvgIpc) is 3.43. The molecule has 0 amide bonds. The Morgan fingerprint density at radius 1 is 1.10 bits per heavy atom. The minimum Gasteiger partial charge on any atom is -0.481 e. The molecule has 4 aromatic rings. The van der Waals surface area contributed by atoms with Crippen molar-refractivity contribution in [1.29, 1.82) is 0 Å².